The fraction of sp³-hybridized carbons (Fsp3) is 0.182. The Labute approximate surface area is 159 Å². The van der Waals surface area contributed by atoms with Crippen molar-refractivity contribution in [1.82, 2.24) is 5.32 Å². The lowest BCUT2D eigenvalue weighted by atomic mass is 10.2. The van der Waals surface area contributed by atoms with Gasteiger partial charge in [-0.2, -0.15) is 0 Å². The second-order valence-electron chi connectivity index (χ2n) is 5.94. The van der Waals surface area contributed by atoms with Crippen LogP contribution in [0.2, 0.25) is 5.02 Å². The lowest BCUT2D eigenvalue weighted by Gasteiger charge is -2.10. The maximum Gasteiger partial charge on any atom is 0.123 e. The minimum atomic E-state index is 0.463. The molecule has 0 aliphatic heterocycles. The molecule has 3 nitrogen and oxygen atoms in total. The number of methoxy groups -OCH3 is 1. The number of hydrogen-bond acceptors (Lipinski definition) is 3. The van der Waals surface area contributed by atoms with E-state index in [9.17, 15) is 0 Å². The highest BCUT2D eigenvalue weighted by Gasteiger charge is 2.03. The van der Waals surface area contributed by atoms with Gasteiger partial charge < -0.3 is 14.8 Å². The standard InChI is InChI=1S/C22H22ClNO2/c1-25-22-9-5-3-6-18(22)15-24-14-17-10-12-20(13-11-17)26-16-19-7-2-4-8-21(19)23/h2-13,24H,14-16H2,1H3. The van der Waals surface area contributed by atoms with E-state index in [1.807, 2.05) is 54.6 Å². The predicted octanol–water partition coefficient (Wildman–Crippen LogP) is 5.22. The molecular formula is C22H22ClNO2. The molecule has 3 aromatic rings. The molecule has 1 N–H and O–H groups in total. The summed E-state index contributed by atoms with van der Waals surface area (Å²) in [6, 6.07) is 23.9. The van der Waals surface area contributed by atoms with Crippen molar-refractivity contribution in [2.45, 2.75) is 19.7 Å². The molecule has 0 atom stereocenters. The van der Waals surface area contributed by atoms with Gasteiger partial charge in [-0.3, -0.25) is 0 Å². The maximum absolute atomic E-state index is 6.15. The Morgan fingerprint density at radius 2 is 1.50 bits per heavy atom. The van der Waals surface area contributed by atoms with Crippen molar-refractivity contribution in [3.8, 4) is 11.5 Å². The third kappa shape index (κ3) is 5.01. The van der Waals surface area contributed by atoms with Crippen LogP contribution in [0.1, 0.15) is 16.7 Å². The fourth-order valence-corrected chi connectivity index (χ4v) is 2.86. The molecule has 0 radical (unpaired) electrons. The van der Waals surface area contributed by atoms with Crippen LogP contribution in [0.3, 0.4) is 0 Å². The van der Waals surface area contributed by atoms with E-state index >= 15 is 0 Å². The van der Waals surface area contributed by atoms with Gasteiger partial charge in [0.25, 0.3) is 0 Å². The van der Waals surface area contributed by atoms with Crippen molar-refractivity contribution >= 4 is 11.6 Å². The van der Waals surface area contributed by atoms with E-state index in [0.717, 1.165) is 40.7 Å². The third-order valence-electron chi connectivity index (χ3n) is 4.11. The summed E-state index contributed by atoms with van der Waals surface area (Å²) in [5, 5.41) is 4.17. The molecule has 3 aromatic carbocycles. The van der Waals surface area contributed by atoms with Crippen molar-refractivity contribution in [2.75, 3.05) is 7.11 Å². The number of nitrogens with one attached hydrogen (secondary N) is 1. The lowest BCUT2D eigenvalue weighted by Crippen LogP contribution is -2.13. The number of rotatable bonds is 8. The highest BCUT2D eigenvalue weighted by Crippen LogP contribution is 2.19. The summed E-state index contributed by atoms with van der Waals surface area (Å²) in [7, 11) is 1.69. The summed E-state index contributed by atoms with van der Waals surface area (Å²) in [4.78, 5) is 0. The maximum atomic E-state index is 6.15. The Morgan fingerprint density at radius 1 is 0.808 bits per heavy atom. The van der Waals surface area contributed by atoms with E-state index in [1.54, 1.807) is 7.11 Å². The Morgan fingerprint density at radius 3 is 2.23 bits per heavy atom. The molecule has 0 saturated heterocycles. The monoisotopic (exact) mass is 367 g/mol. The Balaban J connectivity index is 1.49. The van der Waals surface area contributed by atoms with Gasteiger partial charge in [0.2, 0.25) is 0 Å². The van der Waals surface area contributed by atoms with Crippen LogP contribution in [0.5, 0.6) is 11.5 Å². The molecule has 0 aromatic heterocycles. The van der Waals surface area contributed by atoms with Gasteiger partial charge >= 0.3 is 0 Å². The first-order valence-electron chi connectivity index (χ1n) is 8.54. The molecule has 0 unspecified atom stereocenters. The molecule has 0 amide bonds. The molecule has 0 aliphatic rings. The van der Waals surface area contributed by atoms with Crippen molar-refractivity contribution in [3.63, 3.8) is 0 Å². The van der Waals surface area contributed by atoms with Crippen LogP contribution in [-0.4, -0.2) is 7.11 Å². The Bertz CT molecular complexity index is 834. The summed E-state index contributed by atoms with van der Waals surface area (Å²) < 4.78 is 11.2. The molecule has 0 spiro atoms. The number of halogens is 1. The zero-order valence-electron chi connectivity index (χ0n) is 14.7. The fourth-order valence-electron chi connectivity index (χ4n) is 2.67. The SMILES string of the molecule is COc1ccccc1CNCc1ccc(OCc2ccccc2Cl)cc1. The van der Waals surface area contributed by atoms with Crippen molar-refractivity contribution in [2.24, 2.45) is 0 Å². The van der Waals surface area contributed by atoms with Crippen LogP contribution in [0.15, 0.2) is 72.8 Å². The van der Waals surface area contributed by atoms with Gasteiger partial charge in [0, 0.05) is 29.2 Å². The van der Waals surface area contributed by atoms with Gasteiger partial charge in [0.15, 0.2) is 0 Å². The molecule has 134 valence electrons. The lowest BCUT2D eigenvalue weighted by molar-refractivity contribution is 0.306. The van der Waals surface area contributed by atoms with Crippen LogP contribution < -0.4 is 14.8 Å². The van der Waals surface area contributed by atoms with Gasteiger partial charge in [-0.05, 0) is 29.8 Å². The Hall–Kier alpha value is -2.49. The molecule has 0 aliphatic carbocycles. The van der Waals surface area contributed by atoms with Gasteiger partial charge in [-0.15, -0.1) is 0 Å². The highest BCUT2D eigenvalue weighted by atomic mass is 35.5. The summed E-state index contributed by atoms with van der Waals surface area (Å²) >= 11 is 6.15. The second kappa shape index (κ2) is 9.27. The van der Waals surface area contributed by atoms with Crippen molar-refractivity contribution in [1.29, 1.82) is 0 Å². The van der Waals surface area contributed by atoms with E-state index in [1.165, 1.54) is 5.56 Å². The van der Waals surface area contributed by atoms with E-state index < -0.39 is 0 Å². The first-order valence-corrected chi connectivity index (χ1v) is 8.92. The van der Waals surface area contributed by atoms with Gasteiger partial charge in [-0.1, -0.05) is 60.1 Å². The molecule has 0 bridgehead atoms. The largest absolute Gasteiger partial charge is 0.496 e. The quantitative estimate of drug-likeness (QED) is 0.592. The van der Waals surface area contributed by atoms with Crippen LogP contribution in [0.25, 0.3) is 0 Å². The average molecular weight is 368 g/mol. The molecule has 0 heterocycles. The smallest absolute Gasteiger partial charge is 0.123 e. The summed E-state index contributed by atoms with van der Waals surface area (Å²) in [5.41, 5.74) is 3.33. The molecular weight excluding hydrogens is 346 g/mol. The Kier molecular flexibility index (Phi) is 6.53. The zero-order chi connectivity index (χ0) is 18.2. The minimum Gasteiger partial charge on any atom is -0.496 e. The first-order chi connectivity index (χ1) is 12.8. The van der Waals surface area contributed by atoms with E-state index in [0.29, 0.717) is 6.61 Å². The van der Waals surface area contributed by atoms with Crippen molar-refractivity contribution < 1.29 is 9.47 Å². The molecule has 0 saturated carbocycles. The van der Waals surface area contributed by atoms with Crippen LogP contribution in [0, 0.1) is 0 Å². The van der Waals surface area contributed by atoms with Gasteiger partial charge in [-0.25, -0.2) is 0 Å². The first kappa shape index (κ1) is 18.3. The zero-order valence-corrected chi connectivity index (χ0v) is 15.5. The van der Waals surface area contributed by atoms with Crippen LogP contribution in [-0.2, 0) is 19.7 Å². The molecule has 26 heavy (non-hydrogen) atoms. The number of para-hydroxylation sites is 1. The second-order valence-corrected chi connectivity index (χ2v) is 6.35. The highest BCUT2D eigenvalue weighted by molar-refractivity contribution is 6.31. The molecule has 3 rings (SSSR count). The van der Waals surface area contributed by atoms with Crippen molar-refractivity contribution in [3.05, 3.63) is 94.5 Å². The van der Waals surface area contributed by atoms with E-state index in [4.69, 9.17) is 21.1 Å². The molecule has 0 fully saturated rings. The third-order valence-corrected chi connectivity index (χ3v) is 4.48. The van der Waals surface area contributed by atoms with Gasteiger partial charge in [0.05, 0.1) is 7.11 Å². The summed E-state index contributed by atoms with van der Waals surface area (Å²) in [6.07, 6.45) is 0. The normalized spacial score (nSPS) is 10.5. The van der Waals surface area contributed by atoms with Crippen LogP contribution >= 0.6 is 11.6 Å². The topological polar surface area (TPSA) is 30.5 Å². The minimum absolute atomic E-state index is 0.463. The van der Waals surface area contributed by atoms with E-state index in [2.05, 4.69) is 23.5 Å². The number of ether oxygens (including phenoxy) is 2. The average Bonchev–Trinajstić information content (AvgIpc) is 2.69. The molecule has 4 heteroatoms. The van der Waals surface area contributed by atoms with Crippen LogP contribution in [0.4, 0.5) is 0 Å². The van der Waals surface area contributed by atoms with E-state index in [-0.39, 0.29) is 0 Å². The number of hydrogen-bond donors (Lipinski definition) is 1. The summed E-state index contributed by atoms with van der Waals surface area (Å²) in [5.74, 6) is 1.74. The number of benzene rings is 3. The van der Waals surface area contributed by atoms with Gasteiger partial charge in [0.1, 0.15) is 18.1 Å². The predicted molar refractivity (Wildman–Crippen MR) is 106 cm³/mol. The summed E-state index contributed by atoms with van der Waals surface area (Å²) in [6.45, 7) is 2.00.